The van der Waals surface area contributed by atoms with Crippen LogP contribution in [0, 0.1) is 5.41 Å². The molecule has 0 N–H and O–H groups in total. The van der Waals surface area contributed by atoms with Crippen molar-refractivity contribution in [2.24, 2.45) is 5.41 Å². The Hall–Kier alpha value is -1.77. The number of nitrogens with zero attached hydrogens (tertiary/aromatic N) is 2. The minimum absolute atomic E-state index is 0.0613. The van der Waals surface area contributed by atoms with Gasteiger partial charge in [-0.3, -0.25) is 9.78 Å². The van der Waals surface area contributed by atoms with Crippen LogP contribution >= 0.6 is 0 Å². The molecule has 3 nitrogen and oxygen atoms in total. The third-order valence-electron chi connectivity index (χ3n) is 2.40. The van der Waals surface area contributed by atoms with Gasteiger partial charge in [-0.15, -0.1) is 0 Å². The fraction of sp³-hybridized carbons (Fsp3) is 0.308. The average Bonchev–Trinajstić information content (AvgIpc) is 2.26. The van der Waals surface area contributed by atoms with Gasteiger partial charge in [0.15, 0.2) is 5.78 Å². The van der Waals surface area contributed by atoms with E-state index in [1.54, 1.807) is 18.5 Å². The van der Waals surface area contributed by atoms with Gasteiger partial charge in [0, 0.05) is 23.2 Å². The molecule has 3 heteroatoms. The van der Waals surface area contributed by atoms with Crippen molar-refractivity contribution in [1.82, 2.24) is 9.97 Å². The fourth-order valence-corrected chi connectivity index (χ4v) is 1.48. The lowest BCUT2D eigenvalue weighted by Crippen LogP contribution is -2.21. The molecule has 0 aliphatic heterocycles. The third kappa shape index (κ3) is 1.94. The monoisotopic (exact) mass is 214 g/mol. The lowest BCUT2D eigenvalue weighted by atomic mass is 9.88. The molecular weight excluding hydrogens is 200 g/mol. The molecule has 2 rings (SSSR count). The highest BCUT2D eigenvalue weighted by Crippen LogP contribution is 2.21. The molecule has 0 saturated carbocycles. The molecule has 2 heterocycles. The van der Waals surface area contributed by atoms with Gasteiger partial charge in [0.25, 0.3) is 0 Å². The lowest BCUT2D eigenvalue weighted by molar-refractivity contribution is 0.0853. The van der Waals surface area contributed by atoms with Crippen molar-refractivity contribution in [3.05, 3.63) is 36.3 Å². The number of hydrogen-bond acceptors (Lipinski definition) is 3. The predicted octanol–water partition coefficient (Wildman–Crippen LogP) is 2.86. The number of pyridine rings is 2. The Balaban J connectivity index is 2.52. The van der Waals surface area contributed by atoms with Crippen molar-refractivity contribution in [3.8, 4) is 0 Å². The Bertz CT molecular complexity index is 541. The number of carbonyl (C=O) groups is 1. The number of aromatic nitrogens is 2. The van der Waals surface area contributed by atoms with Crippen LogP contribution in [-0.2, 0) is 0 Å². The minimum Gasteiger partial charge on any atom is -0.292 e. The van der Waals surface area contributed by atoms with Crippen LogP contribution in [0.25, 0.3) is 10.9 Å². The van der Waals surface area contributed by atoms with Crippen LogP contribution in [0.2, 0.25) is 0 Å². The van der Waals surface area contributed by atoms with E-state index in [0.717, 1.165) is 10.9 Å². The van der Waals surface area contributed by atoms with E-state index in [-0.39, 0.29) is 5.78 Å². The number of hydrogen-bond donors (Lipinski definition) is 0. The van der Waals surface area contributed by atoms with E-state index < -0.39 is 5.41 Å². The molecule has 0 aromatic carbocycles. The summed E-state index contributed by atoms with van der Waals surface area (Å²) >= 11 is 0. The SMILES string of the molecule is CC(C)(C)C(=O)c1ccc2cnccc2n1. The molecule has 0 fully saturated rings. The number of rotatable bonds is 1. The molecule has 0 aliphatic carbocycles. The summed E-state index contributed by atoms with van der Waals surface area (Å²) in [6.07, 6.45) is 3.42. The Morgan fingerprint density at radius 2 is 1.94 bits per heavy atom. The molecule has 16 heavy (non-hydrogen) atoms. The second-order valence-electron chi connectivity index (χ2n) is 4.84. The summed E-state index contributed by atoms with van der Waals surface area (Å²) in [5.41, 5.74) is 0.935. The summed E-state index contributed by atoms with van der Waals surface area (Å²) in [6, 6.07) is 5.46. The summed E-state index contributed by atoms with van der Waals surface area (Å²) in [4.78, 5) is 20.4. The van der Waals surface area contributed by atoms with Crippen LogP contribution in [0.3, 0.4) is 0 Å². The predicted molar refractivity (Wildman–Crippen MR) is 63.3 cm³/mol. The van der Waals surface area contributed by atoms with Gasteiger partial charge in [-0.2, -0.15) is 0 Å². The highest BCUT2D eigenvalue weighted by molar-refractivity contribution is 5.99. The zero-order valence-corrected chi connectivity index (χ0v) is 9.69. The van der Waals surface area contributed by atoms with Gasteiger partial charge in [-0.05, 0) is 18.2 Å². The maximum absolute atomic E-state index is 12.0. The first kappa shape index (κ1) is 10.7. The van der Waals surface area contributed by atoms with E-state index >= 15 is 0 Å². The van der Waals surface area contributed by atoms with Crippen LogP contribution in [0.15, 0.2) is 30.6 Å². The first-order chi connectivity index (χ1) is 7.48. The van der Waals surface area contributed by atoms with Crippen LogP contribution in [0.1, 0.15) is 31.3 Å². The van der Waals surface area contributed by atoms with Crippen molar-refractivity contribution >= 4 is 16.7 Å². The molecular formula is C13H14N2O. The maximum Gasteiger partial charge on any atom is 0.186 e. The van der Waals surface area contributed by atoms with E-state index in [4.69, 9.17) is 0 Å². The Kier molecular flexibility index (Phi) is 2.46. The smallest absolute Gasteiger partial charge is 0.186 e. The normalized spacial score (nSPS) is 11.7. The van der Waals surface area contributed by atoms with E-state index in [1.807, 2.05) is 32.9 Å². The van der Waals surface area contributed by atoms with Crippen LogP contribution in [0.5, 0.6) is 0 Å². The Morgan fingerprint density at radius 3 is 2.62 bits per heavy atom. The molecule has 0 radical (unpaired) electrons. The van der Waals surface area contributed by atoms with Crippen molar-refractivity contribution < 1.29 is 4.79 Å². The summed E-state index contributed by atoms with van der Waals surface area (Å²) in [7, 11) is 0. The quantitative estimate of drug-likeness (QED) is 0.685. The molecule has 0 amide bonds. The molecule has 0 aliphatic rings. The van der Waals surface area contributed by atoms with Crippen molar-refractivity contribution in [1.29, 1.82) is 0 Å². The summed E-state index contributed by atoms with van der Waals surface area (Å²) < 4.78 is 0. The second-order valence-corrected chi connectivity index (χ2v) is 4.84. The molecule has 0 unspecified atom stereocenters. The lowest BCUT2D eigenvalue weighted by Gasteiger charge is -2.15. The first-order valence-electron chi connectivity index (χ1n) is 5.24. The van der Waals surface area contributed by atoms with Crippen molar-refractivity contribution in [2.45, 2.75) is 20.8 Å². The molecule has 2 aromatic heterocycles. The summed E-state index contributed by atoms with van der Waals surface area (Å²) in [5, 5.41) is 0.952. The summed E-state index contributed by atoms with van der Waals surface area (Å²) in [5.74, 6) is 0.0613. The molecule has 82 valence electrons. The van der Waals surface area contributed by atoms with Crippen molar-refractivity contribution in [3.63, 3.8) is 0 Å². The number of Topliss-reactive ketones (excluding diaryl/α,β-unsaturated/α-hetero) is 1. The standard InChI is InChI=1S/C13H14N2O/c1-13(2,3)12(16)11-5-4-9-8-14-7-6-10(9)15-11/h4-8H,1-3H3. The minimum atomic E-state index is -0.395. The molecule has 0 bridgehead atoms. The van der Waals surface area contributed by atoms with Gasteiger partial charge in [-0.1, -0.05) is 20.8 Å². The van der Waals surface area contributed by atoms with E-state index in [1.165, 1.54) is 0 Å². The highest BCUT2D eigenvalue weighted by Gasteiger charge is 2.23. The van der Waals surface area contributed by atoms with Crippen LogP contribution in [0.4, 0.5) is 0 Å². The number of ketones is 1. The first-order valence-corrected chi connectivity index (χ1v) is 5.24. The maximum atomic E-state index is 12.0. The van der Waals surface area contributed by atoms with Crippen LogP contribution in [-0.4, -0.2) is 15.8 Å². The second kappa shape index (κ2) is 3.67. The van der Waals surface area contributed by atoms with E-state index in [9.17, 15) is 4.79 Å². The Labute approximate surface area is 94.5 Å². The van der Waals surface area contributed by atoms with Crippen molar-refractivity contribution in [2.75, 3.05) is 0 Å². The molecule has 0 atom stereocenters. The van der Waals surface area contributed by atoms with E-state index in [2.05, 4.69) is 9.97 Å². The van der Waals surface area contributed by atoms with E-state index in [0.29, 0.717) is 5.69 Å². The van der Waals surface area contributed by atoms with Gasteiger partial charge >= 0.3 is 0 Å². The number of fused-ring (bicyclic) bond motifs is 1. The van der Waals surface area contributed by atoms with Gasteiger partial charge in [0.1, 0.15) is 5.69 Å². The third-order valence-corrected chi connectivity index (χ3v) is 2.40. The average molecular weight is 214 g/mol. The largest absolute Gasteiger partial charge is 0.292 e. The highest BCUT2D eigenvalue weighted by atomic mass is 16.1. The topological polar surface area (TPSA) is 42.9 Å². The molecule has 0 spiro atoms. The van der Waals surface area contributed by atoms with Gasteiger partial charge in [-0.25, -0.2) is 4.98 Å². The zero-order valence-electron chi connectivity index (χ0n) is 9.69. The van der Waals surface area contributed by atoms with Gasteiger partial charge in [0.05, 0.1) is 5.52 Å². The molecule has 2 aromatic rings. The molecule has 0 saturated heterocycles. The fourth-order valence-electron chi connectivity index (χ4n) is 1.48. The van der Waals surface area contributed by atoms with Gasteiger partial charge < -0.3 is 0 Å². The summed E-state index contributed by atoms with van der Waals surface area (Å²) in [6.45, 7) is 5.69. The Morgan fingerprint density at radius 1 is 1.19 bits per heavy atom. The number of carbonyl (C=O) groups excluding carboxylic acids is 1. The van der Waals surface area contributed by atoms with Crippen LogP contribution < -0.4 is 0 Å². The van der Waals surface area contributed by atoms with Gasteiger partial charge in [0.2, 0.25) is 0 Å². The zero-order chi connectivity index (χ0) is 11.8.